The average molecular weight is 377 g/mol. The molecule has 0 aromatic carbocycles. The third-order valence-corrected chi connectivity index (χ3v) is 4.36. The summed E-state index contributed by atoms with van der Waals surface area (Å²) in [5.41, 5.74) is -0.0270. The van der Waals surface area contributed by atoms with Crippen LogP contribution in [-0.2, 0) is 19.6 Å². The summed E-state index contributed by atoms with van der Waals surface area (Å²) in [6, 6.07) is 0. The third kappa shape index (κ3) is 8.78. The van der Waals surface area contributed by atoms with Crippen LogP contribution in [0.3, 0.4) is 0 Å². The molecule has 7 heteroatoms. The molecule has 0 radical (unpaired) electrons. The van der Waals surface area contributed by atoms with E-state index in [9.17, 15) is 13.2 Å². The molecule has 0 saturated carbocycles. The Hall–Kier alpha value is 0.110. The van der Waals surface area contributed by atoms with E-state index in [1.54, 1.807) is 0 Å². The van der Waals surface area contributed by atoms with Crippen molar-refractivity contribution < 1.29 is 17.9 Å². The Kier molecular flexibility index (Phi) is 6.93. The van der Waals surface area contributed by atoms with E-state index in [-0.39, 0.29) is 17.7 Å². The molecule has 1 unspecified atom stereocenters. The molecule has 102 valence electrons. The summed E-state index contributed by atoms with van der Waals surface area (Å²) in [5.74, 6) is -0.356. The summed E-state index contributed by atoms with van der Waals surface area (Å²) in [7, 11) is -2.03. The van der Waals surface area contributed by atoms with Crippen molar-refractivity contribution >= 4 is 38.6 Å². The lowest BCUT2D eigenvalue weighted by Crippen LogP contribution is -2.35. The number of rotatable bonds is 6. The molecule has 0 aromatic rings. The summed E-state index contributed by atoms with van der Waals surface area (Å²) >= 11 is 1.85. The van der Waals surface area contributed by atoms with Crippen molar-refractivity contribution in [3.05, 3.63) is 0 Å². The standard InChI is InChI=1S/C10H20INO4S/c1-10(2,3)5-6-17(14,15)12-7-8(11)9(13)16-4/h8,12H,5-7H2,1-4H3. The van der Waals surface area contributed by atoms with Gasteiger partial charge in [-0.05, 0) is 11.8 Å². The van der Waals surface area contributed by atoms with Gasteiger partial charge in [0.15, 0.2) is 0 Å². The fraction of sp³-hybridized carbons (Fsp3) is 0.900. The topological polar surface area (TPSA) is 72.5 Å². The zero-order valence-electron chi connectivity index (χ0n) is 10.6. The number of hydrogen-bond acceptors (Lipinski definition) is 4. The Labute approximate surface area is 117 Å². The van der Waals surface area contributed by atoms with Gasteiger partial charge >= 0.3 is 5.97 Å². The molecule has 0 aromatic heterocycles. The predicted octanol–water partition coefficient (Wildman–Crippen LogP) is 1.32. The van der Waals surface area contributed by atoms with Crippen LogP contribution < -0.4 is 4.72 Å². The average Bonchev–Trinajstić information content (AvgIpc) is 2.21. The Morgan fingerprint density at radius 3 is 2.35 bits per heavy atom. The number of hydrogen-bond donors (Lipinski definition) is 1. The summed E-state index contributed by atoms with van der Waals surface area (Å²) in [4.78, 5) is 11.1. The van der Waals surface area contributed by atoms with Crippen LogP contribution >= 0.6 is 22.6 Å². The second-order valence-corrected chi connectivity index (χ2v) is 8.40. The minimum atomic E-state index is -3.31. The van der Waals surface area contributed by atoms with Crippen LogP contribution in [0, 0.1) is 5.41 Å². The van der Waals surface area contributed by atoms with Crippen LogP contribution in [0.1, 0.15) is 27.2 Å². The Morgan fingerprint density at radius 2 is 1.94 bits per heavy atom. The second-order valence-electron chi connectivity index (χ2n) is 4.97. The molecule has 17 heavy (non-hydrogen) atoms. The Morgan fingerprint density at radius 1 is 1.41 bits per heavy atom. The first kappa shape index (κ1) is 17.1. The lowest BCUT2D eigenvalue weighted by Gasteiger charge is -2.18. The molecule has 0 fully saturated rings. The number of ether oxygens (including phenoxy) is 1. The molecular formula is C10H20INO4S. The van der Waals surface area contributed by atoms with Crippen molar-refractivity contribution in [3.63, 3.8) is 0 Å². The van der Waals surface area contributed by atoms with Crippen LogP contribution in [0.5, 0.6) is 0 Å². The van der Waals surface area contributed by atoms with Gasteiger partial charge in [0.25, 0.3) is 0 Å². The van der Waals surface area contributed by atoms with Crippen LogP contribution in [0.4, 0.5) is 0 Å². The van der Waals surface area contributed by atoms with Crippen LogP contribution in [0.15, 0.2) is 0 Å². The monoisotopic (exact) mass is 377 g/mol. The van der Waals surface area contributed by atoms with E-state index >= 15 is 0 Å². The number of carbonyl (C=O) groups is 1. The van der Waals surface area contributed by atoms with Crippen molar-refractivity contribution in [1.29, 1.82) is 0 Å². The van der Waals surface area contributed by atoms with Crippen LogP contribution in [0.2, 0.25) is 0 Å². The predicted molar refractivity (Wildman–Crippen MR) is 75.7 cm³/mol. The molecule has 0 aliphatic carbocycles. The van der Waals surface area contributed by atoms with E-state index in [1.165, 1.54) is 7.11 Å². The SMILES string of the molecule is COC(=O)C(I)CNS(=O)(=O)CCC(C)(C)C. The highest BCUT2D eigenvalue weighted by atomic mass is 127. The maximum absolute atomic E-state index is 11.6. The second kappa shape index (κ2) is 6.89. The lowest BCUT2D eigenvalue weighted by molar-refractivity contribution is -0.139. The van der Waals surface area contributed by atoms with Crippen molar-refractivity contribution in [2.75, 3.05) is 19.4 Å². The number of alkyl halides is 1. The van der Waals surface area contributed by atoms with Crippen molar-refractivity contribution in [3.8, 4) is 0 Å². The minimum absolute atomic E-state index is 0.0270. The minimum Gasteiger partial charge on any atom is -0.468 e. The van der Waals surface area contributed by atoms with E-state index < -0.39 is 19.9 Å². The Balaban J connectivity index is 4.15. The molecule has 0 amide bonds. The number of nitrogens with one attached hydrogen (secondary N) is 1. The van der Waals surface area contributed by atoms with E-state index in [1.807, 2.05) is 43.4 Å². The summed E-state index contributed by atoms with van der Waals surface area (Å²) in [6.45, 7) is 6.02. The summed E-state index contributed by atoms with van der Waals surface area (Å²) < 4.78 is 29.7. The number of carbonyl (C=O) groups excluding carboxylic acids is 1. The molecule has 0 aliphatic rings. The Bertz CT molecular complexity index is 348. The van der Waals surface area contributed by atoms with E-state index in [2.05, 4.69) is 9.46 Å². The van der Waals surface area contributed by atoms with Gasteiger partial charge < -0.3 is 4.74 Å². The zero-order chi connectivity index (χ0) is 13.7. The third-order valence-electron chi connectivity index (χ3n) is 2.06. The molecule has 1 atom stereocenters. The molecule has 0 spiro atoms. The molecule has 5 nitrogen and oxygen atoms in total. The fourth-order valence-electron chi connectivity index (χ4n) is 0.924. The van der Waals surface area contributed by atoms with E-state index in [4.69, 9.17) is 0 Å². The molecule has 0 bridgehead atoms. The maximum atomic E-state index is 11.6. The normalized spacial score (nSPS) is 14.4. The van der Waals surface area contributed by atoms with Gasteiger partial charge in [0, 0.05) is 6.54 Å². The van der Waals surface area contributed by atoms with Crippen molar-refractivity contribution in [2.45, 2.75) is 31.1 Å². The highest BCUT2D eigenvalue weighted by Gasteiger charge is 2.20. The van der Waals surface area contributed by atoms with Gasteiger partial charge in [0.1, 0.15) is 3.92 Å². The van der Waals surface area contributed by atoms with Gasteiger partial charge in [0.05, 0.1) is 12.9 Å². The van der Waals surface area contributed by atoms with Gasteiger partial charge in [-0.1, -0.05) is 43.4 Å². The van der Waals surface area contributed by atoms with Gasteiger partial charge in [-0.3, -0.25) is 4.79 Å². The number of methoxy groups -OCH3 is 1. The molecule has 0 heterocycles. The highest BCUT2D eigenvalue weighted by Crippen LogP contribution is 2.18. The van der Waals surface area contributed by atoms with Gasteiger partial charge in [-0.15, -0.1) is 0 Å². The number of halogens is 1. The lowest BCUT2D eigenvalue weighted by atomic mass is 9.94. The van der Waals surface area contributed by atoms with Gasteiger partial charge in [0.2, 0.25) is 10.0 Å². The quantitative estimate of drug-likeness (QED) is 0.431. The van der Waals surface area contributed by atoms with Gasteiger partial charge in [-0.25, -0.2) is 13.1 Å². The van der Waals surface area contributed by atoms with E-state index in [0.717, 1.165) is 0 Å². The van der Waals surface area contributed by atoms with Crippen LogP contribution in [0.25, 0.3) is 0 Å². The highest BCUT2D eigenvalue weighted by molar-refractivity contribution is 14.1. The largest absolute Gasteiger partial charge is 0.468 e. The van der Waals surface area contributed by atoms with Crippen molar-refractivity contribution in [2.24, 2.45) is 5.41 Å². The number of sulfonamides is 1. The van der Waals surface area contributed by atoms with E-state index in [0.29, 0.717) is 6.42 Å². The first-order chi connectivity index (χ1) is 7.57. The first-order valence-corrected chi connectivity index (χ1v) is 8.16. The molecule has 0 rings (SSSR count). The summed E-state index contributed by atoms with van der Waals surface area (Å²) in [5, 5.41) is 0. The van der Waals surface area contributed by atoms with Crippen LogP contribution in [-0.4, -0.2) is 37.7 Å². The smallest absolute Gasteiger partial charge is 0.319 e. The summed E-state index contributed by atoms with van der Waals surface area (Å²) in [6.07, 6.45) is 0.576. The number of esters is 1. The molecular weight excluding hydrogens is 357 g/mol. The maximum Gasteiger partial charge on any atom is 0.319 e. The van der Waals surface area contributed by atoms with Gasteiger partial charge in [-0.2, -0.15) is 0 Å². The first-order valence-electron chi connectivity index (χ1n) is 5.26. The fourth-order valence-corrected chi connectivity index (χ4v) is 3.14. The molecule has 0 aliphatic heterocycles. The molecule has 1 N–H and O–H groups in total. The molecule has 0 saturated heterocycles. The van der Waals surface area contributed by atoms with Crippen molar-refractivity contribution in [1.82, 2.24) is 4.72 Å². The zero-order valence-corrected chi connectivity index (χ0v) is 13.6.